The average molecular weight is 454 g/mol. The molecule has 0 aliphatic heterocycles. The van der Waals surface area contributed by atoms with Gasteiger partial charge in [0.05, 0.1) is 16.6 Å². The average Bonchev–Trinajstić information content (AvgIpc) is 3.43. The highest BCUT2D eigenvalue weighted by molar-refractivity contribution is 7.98. The molecule has 0 atom stereocenters. The molecule has 0 amide bonds. The van der Waals surface area contributed by atoms with E-state index in [0.29, 0.717) is 34.4 Å². The number of para-hydroxylation sites is 1. The third-order valence-corrected chi connectivity index (χ3v) is 6.55. The van der Waals surface area contributed by atoms with E-state index in [1.807, 2.05) is 28.0 Å². The van der Waals surface area contributed by atoms with Crippen molar-refractivity contribution in [3.05, 3.63) is 80.8 Å². The maximum Gasteiger partial charge on any atom is 0.262 e. The van der Waals surface area contributed by atoms with E-state index in [-0.39, 0.29) is 11.4 Å². The molecule has 3 heterocycles. The van der Waals surface area contributed by atoms with Crippen molar-refractivity contribution in [2.75, 3.05) is 0 Å². The maximum atomic E-state index is 13.0. The Balaban J connectivity index is 1.34. The van der Waals surface area contributed by atoms with Crippen molar-refractivity contribution < 1.29 is 9.13 Å². The molecule has 0 saturated carbocycles. The number of thiazole rings is 1. The second-order valence-corrected chi connectivity index (χ2v) is 8.65. The summed E-state index contributed by atoms with van der Waals surface area (Å²) in [5, 5.41) is 12.6. The molecule has 0 aliphatic carbocycles. The first-order chi connectivity index (χ1) is 15.1. The summed E-state index contributed by atoms with van der Waals surface area (Å²) in [6, 6.07) is 13.3. The van der Waals surface area contributed by atoms with Gasteiger partial charge in [-0.3, -0.25) is 13.8 Å². The molecule has 5 rings (SSSR count). The van der Waals surface area contributed by atoms with Gasteiger partial charge < -0.3 is 4.74 Å². The fraction of sp³-hybridized carbons (Fsp3) is 0.143. The smallest absolute Gasteiger partial charge is 0.262 e. The summed E-state index contributed by atoms with van der Waals surface area (Å²) < 4.78 is 22.0. The van der Waals surface area contributed by atoms with Crippen LogP contribution in [0.3, 0.4) is 0 Å². The lowest BCUT2D eigenvalue weighted by atomic mass is 10.2. The van der Waals surface area contributed by atoms with E-state index in [2.05, 4.69) is 15.2 Å². The van der Waals surface area contributed by atoms with Gasteiger partial charge in [-0.1, -0.05) is 23.9 Å². The van der Waals surface area contributed by atoms with Gasteiger partial charge in [-0.25, -0.2) is 9.37 Å². The van der Waals surface area contributed by atoms with Gasteiger partial charge in [0.1, 0.15) is 23.2 Å². The van der Waals surface area contributed by atoms with Crippen molar-refractivity contribution in [2.24, 2.45) is 7.05 Å². The van der Waals surface area contributed by atoms with Gasteiger partial charge in [0, 0.05) is 18.2 Å². The number of aryl methyl sites for hydroxylation is 1. The van der Waals surface area contributed by atoms with Crippen LogP contribution in [0.4, 0.5) is 4.39 Å². The summed E-state index contributed by atoms with van der Waals surface area (Å²) in [6.07, 6.45) is 0. The van der Waals surface area contributed by atoms with Gasteiger partial charge >= 0.3 is 0 Å². The first-order valence-corrected chi connectivity index (χ1v) is 11.2. The number of hydrogen-bond donors (Lipinski definition) is 0. The van der Waals surface area contributed by atoms with Crippen LogP contribution >= 0.6 is 23.1 Å². The highest BCUT2D eigenvalue weighted by atomic mass is 32.2. The monoisotopic (exact) mass is 453 g/mol. The Hall–Kier alpha value is -3.24. The lowest BCUT2D eigenvalue weighted by Gasteiger charge is -2.07. The van der Waals surface area contributed by atoms with Crippen molar-refractivity contribution in [1.29, 1.82) is 0 Å². The summed E-state index contributed by atoms with van der Waals surface area (Å²) in [5.41, 5.74) is 1.58. The van der Waals surface area contributed by atoms with Crippen molar-refractivity contribution >= 4 is 39.8 Å². The van der Waals surface area contributed by atoms with Crippen LogP contribution in [0.25, 0.3) is 16.7 Å². The third kappa shape index (κ3) is 3.79. The van der Waals surface area contributed by atoms with E-state index < -0.39 is 0 Å². The molecular weight excluding hydrogens is 437 g/mol. The van der Waals surface area contributed by atoms with Crippen molar-refractivity contribution in [2.45, 2.75) is 17.5 Å². The summed E-state index contributed by atoms with van der Waals surface area (Å²) in [5.74, 6) is 1.40. The Morgan fingerprint density at radius 2 is 1.94 bits per heavy atom. The SMILES string of the molecule is Cn1c(=O)c2ccccc2n2c(SCc3csc(COc4ccc(F)cc4)n3)nnc12. The minimum Gasteiger partial charge on any atom is -0.486 e. The maximum absolute atomic E-state index is 13.0. The number of fused-ring (bicyclic) bond motifs is 3. The Morgan fingerprint density at radius 3 is 2.77 bits per heavy atom. The predicted molar refractivity (Wildman–Crippen MR) is 118 cm³/mol. The predicted octanol–water partition coefficient (Wildman–Crippen LogP) is 4.05. The molecule has 5 aromatic rings. The minimum atomic E-state index is -0.297. The second-order valence-electron chi connectivity index (χ2n) is 6.76. The Labute approximate surface area is 184 Å². The van der Waals surface area contributed by atoms with Crippen molar-refractivity contribution in [3.8, 4) is 5.75 Å². The van der Waals surface area contributed by atoms with Gasteiger partial charge in [0.25, 0.3) is 5.56 Å². The zero-order valence-corrected chi connectivity index (χ0v) is 18.0. The first-order valence-electron chi connectivity index (χ1n) is 9.37. The second kappa shape index (κ2) is 8.12. The van der Waals surface area contributed by atoms with Crippen LogP contribution in [0, 0.1) is 5.82 Å². The molecule has 0 saturated heterocycles. The lowest BCUT2D eigenvalue weighted by Crippen LogP contribution is -2.20. The van der Waals surface area contributed by atoms with Crippen molar-refractivity contribution in [3.63, 3.8) is 0 Å². The normalized spacial score (nSPS) is 11.4. The number of rotatable bonds is 6. The molecule has 7 nitrogen and oxygen atoms in total. The Bertz CT molecular complexity index is 1440. The van der Waals surface area contributed by atoms with Crippen LogP contribution in [0.5, 0.6) is 5.75 Å². The molecule has 3 aromatic heterocycles. The van der Waals surface area contributed by atoms with Crippen LogP contribution in [-0.4, -0.2) is 24.1 Å². The molecule has 0 radical (unpaired) electrons. The first kappa shape index (κ1) is 19.7. The van der Waals surface area contributed by atoms with Gasteiger partial charge in [-0.15, -0.1) is 21.5 Å². The highest BCUT2D eigenvalue weighted by Gasteiger charge is 2.15. The summed E-state index contributed by atoms with van der Waals surface area (Å²) in [7, 11) is 1.70. The number of nitrogens with zero attached hydrogens (tertiary/aromatic N) is 5. The van der Waals surface area contributed by atoms with Gasteiger partial charge in [0.15, 0.2) is 5.16 Å². The minimum absolute atomic E-state index is 0.0997. The van der Waals surface area contributed by atoms with Crippen LogP contribution < -0.4 is 10.3 Å². The molecule has 0 aliphatic rings. The fourth-order valence-corrected chi connectivity index (χ4v) is 4.84. The van der Waals surface area contributed by atoms with E-state index in [1.165, 1.54) is 39.8 Å². The molecule has 0 spiro atoms. The van der Waals surface area contributed by atoms with Crippen LogP contribution in [0.15, 0.2) is 63.9 Å². The number of aromatic nitrogens is 5. The quantitative estimate of drug-likeness (QED) is 0.361. The number of thioether (sulfide) groups is 1. The van der Waals surface area contributed by atoms with E-state index >= 15 is 0 Å². The number of halogens is 1. The largest absolute Gasteiger partial charge is 0.486 e. The number of hydrogen-bond acceptors (Lipinski definition) is 7. The van der Waals surface area contributed by atoms with Gasteiger partial charge in [-0.05, 0) is 36.4 Å². The molecule has 0 fully saturated rings. The molecule has 0 unspecified atom stereocenters. The number of benzene rings is 2. The zero-order chi connectivity index (χ0) is 21.4. The summed E-state index contributed by atoms with van der Waals surface area (Å²) >= 11 is 3.01. The van der Waals surface area contributed by atoms with Crippen LogP contribution in [-0.2, 0) is 19.4 Å². The van der Waals surface area contributed by atoms with Crippen LogP contribution in [0.1, 0.15) is 10.7 Å². The molecule has 2 aromatic carbocycles. The van der Waals surface area contributed by atoms with Crippen LogP contribution in [0.2, 0.25) is 0 Å². The fourth-order valence-electron chi connectivity index (χ4n) is 3.20. The van der Waals surface area contributed by atoms with Gasteiger partial charge in [-0.2, -0.15) is 0 Å². The highest BCUT2D eigenvalue weighted by Crippen LogP contribution is 2.25. The van der Waals surface area contributed by atoms with E-state index in [0.717, 1.165) is 16.2 Å². The summed E-state index contributed by atoms with van der Waals surface area (Å²) in [6.45, 7) is 0.321. The molecule has 31 heavy (non-hydrogen) atoms. The zero-order valence-electron chi connectivity index (χ0n) is 16.4. The Kier molecular flexibility index (Phi) is 5.16. The number of ether oxygens (including phenoxy) is 1. The standard InChI is InChI=1S/C21H16FN5O2S2/c1-26-19(28)16-4-2-3-5-17(16)27-20(26)24-25-21(27)31-12-14-11-30-18(23-14)10-29-15-8-6-13(22)7-9-15/h2-9,11H,10,12H2,1H3. The molecule has 0 bridgehead atoms. The molecule has 156 valence electrons. The molecular formula is C21H16FN5O2S2. The molecule has 10 heteroatoms. The van der Waals surface area contributed by atoms with E-state index in [4.69, 9.17) is 4.74 Å². The van der Waals surface area contributed by atoms with Crippen molar-refractivity contribution in [1.82, 2.24) is 24.1 Å². The van der Waals surface area contributed by atoms with E-state index in [9.17, 15) is 9.18 Å². The van der Waals surface area contributed by atoms with E-state index in [1.54, 1.807) is 25.2 Å². The van der Waals surface area contributed by atoms with Gasteiger partial charge in [0.2, 0.25) is 5.78 Å². The third-order valence-electron chi connectivity index (χ3n) is 4.72. The topological polar surface area (TPSA) is 74.3 Å². The Morgan fingerprint density at radius 1 is 1.13 bits per heavy atom. The lowest BCUT2D eigenvalue weighted by molar-refractivity contribution is 0.305. The molecule has 0 N–H and O–H groups in total. The summed E-state index contributed by atoms with van der Waals surface area (Å²) in [4.78, 5) is 17.2.